The van der Waals surface area contributed by atoms with E-state index in [1.807, 2.05) is 0 Å². The quantitative estimate of drug-likeness (QED) is 0.126. The molecule has 3 heterocycles. The number of aliphatic imine (C=N–C) groups is 2. The van der Waals surface area contributed by atoms with Gasteiger partial charge >= 0.3 is 11.9 Å². The van der Waals surface area contributed by atoms with E-state index in [0.29, 0.717) is 59.3 Å². The van der Waals surface area contributed by atoms with E-state index in [0.717, 1.165) is 31.9 Å². The van der Waals surface area contributed by atoms with Gasteiger partial charge < -0.3 is 24.5 Å². The summed E-state index contributed by atoms with van der Waals surface area (Å²) in [5, 5.41) is 10.9. The number of aliphatic hydroxyl groups excluding tert-OH is 1. The summed E-state index contributed by atoms with van der Waals surface area (Å²) in [5.74, 6) is -0.190. The van der Waals surface area contributed by atoms with Gasteiger partial charge in [0.25, 0.3) is 0 Å². The van der Waals surface area contributed by atoms with Crippen LogP contribution in [0.15, 0.2) is 26.8 Å². The van der Waals surface area contributed by atoms with Crippen LogP contribution in [-0.4, -0.2) is 74.2 Å². The van der Waals surface area contributed by atoms with Gasteiger partial charge in [0.05, 0.1) is 23.6 Å². The van der Waals surface area contributed by atoms with Crippen molar-refractivity contribution in [2.75, 3.05) is 17.7 Å². The van der Waals surface area contributed by atoms with Crippen molar-refractivity contribution < 1.29 is 56.9 Å². The molecule has 300 valence electrons. The Morgan fingerprint density at radius 3 is 1.93 bits per heavy atom. The molecule has 55 heavy (non-hydrogen) atoms. The number of aromatic nitrogens is 1. The molecule has 5 atom stereocenters. The SMILES string of the molecule is CC1=C(C(=O)OC2C(C)CC(C)CC2C)C(N=C(O)C(C)NS(C)(=O)=O)=NC1=C(C)c1[n-]c(N2CCCC2=O)c(C(=O)OC2C(C)CC(C)CC2C)c1C.[Zn]. The van der Waals surface area contributed by atoms with E-state index >= 15 is 0 Å². The molecule has 2 N–H and O–H groups in total. The molecule has 2 saturated carbocycles. The number of rotatable bonds is 9. The van der Waals surface area contributed by atoms with Crippen LogP contribution in [-0.2, 0) is 48.6 Å². The van der Waals surface area contributed by atoms with Crippen molar-refractivity contribution in [3.05, 3.63) is 33.7 Å². The number of amidine groups is 1. The molecule has 3 fully saturated rings. The maximum absolute atomic E-state index is 14.1. The fourth-order valence-corrected chi connectivity index (χ4v) is 10.1. The average Bonchev–Trinajstić information content (AvgIpc) is 3.73. The molecule has 15 heteroatoms. The van der Waals surface area contributed by atoms with Crippen molar-refractivity contribution in [1.29, 1.82) is 0 Å². The standard InChI is InChI=1S/C40H59N5O8S.Zn/c1-19-15-21(3)34(22(4)16-19)52-39(48)30-25(7)32(41-36(30)43-38(47)28(10)44-54(11,50)51)27(9)33-26(8)31(37(42-33)45-14-12-13-29(45)46)40(49)53-35-23(5)17-20(2)18-24(35)6;/h19-24,28,34-35,44H,12-18H2,1-11H3,(H2,41,42,43,47,48,49);/p-1. The molecule has 0 bridgehead atoms. The first-order valence-corrected chi connectivity index (χ1v) is 21.2. The summed E-state index contributed by atoms with van der Waals surface area (Å²) in [4.78, 5) is 56.8. The molecule has 5 rings (SSSR count). The van der Waals surface area contributed by atoms with Crippen LogP contribution >= 0.6 is 0 Å². The third-order valence-corrected chi connectivity index (χ3v) is 12.4. The number of nitrogens with one attached hydrogen (secondary N) is 1. The number of carbonyl (C=O) groups is 3. The first-order valence-electron chi connectivity index (χ1n) is 19.3. The van der Waals surface area contributed by atoms with Crippen LogP contribution in [0.5, 0.6) is 0 Å². The van der Waals surface area contributed by atoms with E-state index in [4.69, 9.17) is 19.5 Å². The molecular formula is C40H58N5O8SZn-. The second-order valence-electron chi connectivity index (χ2n) is 16.7. The molecule has 0 spiro atoms. The number of hydrogen-bond donors (Lipinski definition) is 2. The largest absolute Gasteiger partial charge is 0.495 e. The Labute approximate surface area is 339 Å². The molecule has 1 aromatic heterocycles. The van der Waals surface area contributed by atoms with Crippen LogP contribution in [0.4, 0.5) is 5.82 Å². The number of anilines is 1. The van der Waals surface area contributed by atoms with Crippen molar-refractivity contribution in [3.63, 3.8) is 0 Å². The van der Waals surface area contributed by atoms with Crippen LogP contribution in [0.25, 0.3) is 5.57 Å². The number of aliphatic hydroxyl groups is 1. The van der Waals surface area contributed by atoms with Gasteiger partial charge in [0.2, 0.25) is 15.9 Å². The Morgan fingerprint density at radius 1 is 0.945 bits per heavy atom. The summed E-state index contributed by atoms with van der Waals surface area (Å²) < 4.78 is 38.6. The first-order chi connectivity index (χ1) is 25.2. The van der Waals surface area contributed by atoms with E-state index in [1.165, 1.54) is 6.92 Å². The maximum atomic E-state index is 14.1. The van der Waals surface area contributed by atoms with Crippen LogP contribution < -0.4 is 14.6 Å². The predicted octanol–water partition coefficient (Wildman–Crippen LogP) is 6.27. The molecular weight excluding hydrogens is 776 g/mol. The molecule has 1 amide bonds. The van der Waals surface area contributed by atoms with Crippen LogP contribution in [0.2, 0.25) is 0 Å². The number of carbonyl (C=O) groups excluding carboxylic acids is 3. The van der Waals surface area contributed by atoms with Crippen LogP contribution in [0, 0.1) is 42.4 Å². The number of amides is 1. The summed E-state index contributed by atoms with van der Waals surface area (Å²) in [6.07, 6.45) is 5.03. The molecule has 0 radical (unpaired) electrons. The van der Waals surface area contributed by atoms with Crippen molar-refractivity contribution in [2.24, 2.45) is 45.5 Å². The number of ether oxygens (including phenoxy) is 2. The zero-order valence-electron chi connectivity index (χ0n) is 34.4. The van der Waals surface area contributed by atoms with Crippen molar-refractivity contribution in [2.45, 2.75) is 126 Å². The molecule has 4 aliphatic rings. The Hall–Kier alpha value is -3.16. The fraction of sp³-hybridized carbons (Fsp3) is 0.675. The Bertz CT molecular complexity index is 1890. The summed E-state index contributed by atoms with van der Waals surface area (Å²) in [5.41, 5.74) is 2.45. The number of sulfonamides is 1. The molecule has 0 aromatic carbocycles. The fourth-order valence-electron chi connectivity index (χ4n) is 9.34. The third kappa shape index (κ3) is 9.70. The summed E-state index contributed by atoms with van der Waals surface area (Å²) >= 11 is 0. The van der Waals surface area contributed by atoms with Gasteiger partial charge in [-0.1, -0.05) is 41.5 Å². The normalized spacial score (nSPS) is 30.5. The third-order valence-electron chi connectivity index (χ3n) is 11.6. The topological polar surface area (TPSA) is 178 Å². The molecule has 13 nitrogen and oxygen atoms in total. The molecule has 2 aliphatic carbocycles. The Kier molecular flexibility index (Phi) is 14.2. The van der Waals surface area contributed by atoms with Gasteiger partial charge in [0.1, 0.15) is 23.7 Å². The van der Waals surface area contributed by atoms with E-state index < -0.39 is 33.9 Å². The zero-order valence-corrected chi connectivity index (χ0v) is 38.1. The molecule has 1 saturated heterocycles. The van der Waals surface area contributed by atoms with Gasteiger partial charge in [-0.15, -0.1) is 0 Å². The van der Waals surface area contributed by atoms with E-state index in [9.17, 15) is 27.9 Å². The van der Waals surface area contributed by atoms with E-state index in [1.54, 1.807) is 25.7 Å². The van der Waals surface area contributed by atoms with Crippen molar-refractivity contribution in [1.82, 2.24) is 9.71 Å². The van der Waals surface area contributed by atoms with Crippen molar-refractivity contribution >= 4 is 51.0 Å². The maximum Gasteiger partial charge on any atom is 0.342 e. The van der Waals surface area contributed by atoms with Gasteiger partial charge in [-0.2, -0.15) is 4.99 Å². The van der Waals surface area contributed by atoms with Gasteiger partial charge in [-0.05, 0) is 130 Å². The van der Waals surface area contributed by atoms with Gasteiger partial charge in [0.15, 0.2) is 5.84 Å². The Morgan fingerprint density at radius 2 is 1.45 bits per heavy atom. The minimum atomic E-state index is -3.70. The van der Waals surface area contributed by atoms with Gasteiger partial charge in [0, 0.05) is 25.9 Å². The summed E-state index contributed by atoms with van der Waals surface area (Å²) in [7, 11) is -3.70. The monoisotopic (exact) mass is 832 g/mol. The average molecular weight is 834 g/mol. The molecule has 2 aliphatic heterocycles. The zero-order chi connectivity index (χ0) is 40.0. The van der Waals surface area contributed by atoms with E-state index in [-0.39, 0.29) is 84.1 Å². The second kappa shape index (κ2) is 17.5. The number of hydrogen-bond acceptors (Lipinski definition) is 9. The Balaban J connectivity index is 0.00000673. The minimum Gasteiger partial charge on any atom is -0.495 e. The van der Waals surface area contributed by atoms with Crippen LogP contribution in [0.3, 0.4) is 0 Å². The number of allylic oxidation sites excluding steroid dienone is 2. The molecule has 1 aromatic rings. The molecule has 5 unspecified atom stereocenters. The minimum absolute atomic E-state index is 0. The summed E-state index contributed by atoms with van der Waals surface area (Å²) in [6, 6.07) is -1.11. The van der Waals surface area contributed by atoms with Crippen molar-refractivity contribution in [3.8, 4) is 0 Å². The van der Waals surface area contributed by atoms with E-state index in [2.05, 4.69) is 51.3 Å². The van der Waals surface area contributed by atoms with Gasteiger partial charge in [-0.3, -0.25) is 4.79 Å². The predicted molar refractivity (Wildman–Crippen MR) is 209 cm³/mol. The van der Waals surface area contributed by atoms with Crippen LogP contribution in [0.1, 0.15) is 122 Å². The summed E-state index contributed by atoms with van der Waals surface area (Å²) in [6.45, 7) is 19.8. The second-order valence-corrected chi connectivity index (χ2v) is 18.5. The number of esters is 2. The van der Waals surface area contributed by atoms with Gasteiger partial charge in [-0.25, -0.2) is 27.7 Å². The number of nitrogens with zero attached hydrogens (tertiary/aromatic N) is 4. The first kappa shape index (κ1) is 44.6. The smallest absolute Gasteiger partial charge is 0.342 e.